The van der Waals surface area contributed by atoms with Crippen molar-refractivity contribution >= 4 is 29.3 Å². The fraction of sp³-hybridized carbons (Fsp3) is 0.364. The maximum atomic E-state index is 13.0. The number of ether oxygens (including phenoxy) is 1. The molecule has 0 saturated heterocycles. The molecule has 6 nitrogen and oxygen atoms in total. The van der Waals surface area contributed by atoms with Gasteiger partial charge in [-0.05, 0) is 42.3 Å². The first-order chi connectivity index (χ1) is 15.2. The van der Waals surface area contributed by atoms with Crippen LogP contribution in [0.25, 0.3) is 0 Å². The summed E-state index contributed by atoms with van der Waals surface area (Å²) in [5, 5.41) is 2.84. The van der Waals surface area contributed by atoms with E-state index in [-0.39, 0.29) is 24.1 Å². The molecule has 3 N–H and O–H groups in total. The zero-order valence-electron chi connectivity index (χ0n) is 17.4. The van der Waals surface area contributed by atoms with Crippen LogP contribution in [-0.2, 0) is 11.3 Å². The minimum absolute atomic E-state index is 0.0178. The van der Waals surface area contributed by atoms with Crippen LogP contribution in [-0.4, -0.2) is 36.5 Å². The molecule has 2 amide bonds. The van der Waals surface area contributed by atoms with Crippen LogP contribution in [0.4, 0.5) is 18.9 Å². The summed E-state index contributed by atoms with van der Waals surface area (Å²) in [6, 6.07) is 9.72. The van der Waals surface area contributed by atoms with Gasteiger partial charge in [0.1, 0.15) is 5.75 Å². The molecular weight excluding hydrogens is 443 g/mol. The number of anilines is 1. The van der Waals surface area contributed by atoms with Gasteiger partial charge in [0.2, 0.25) is 5.91 Å². The van der Waals surface area contributed by atoms with Crippen LogP contribution in [0.3, 0.4) is 0 Å². The van der Waals surface area contributed by atoms with Crippen molar-refractivity contribution in [3.05, 3.63) is 53.6 Å². The SMILES string of the molecule is CCCCNC(=O)c1ccc2c(c1)N(Cc1cccc(OC(F)(F)F)c1)C(=O)[C@@H](N)CS2. The molecule has 1 aliphatic rings. The second-order valence-electron chi connectivity index (χ2n) is 7.33. The minimum Gasteiger partial charge on any atom is -0.406 e. The predicted molar refractivity (Wildman–Crippen MR) is 117 cm³/mol. The largest absolute Gasteiger partial charge is 0.573 e. The number of fused-ring (bicyclic) bond motifs is 1. The quantitative estimate of drug-likeness (QED) is 0.600. The lowest BCUT2D eigenvalue weighted by atomic mass is 10.1. The van der Waals surface area contributed by atoms with Gasteiger partial charge in [-0.3, -0.25) is 9.59 Å². The van der Waals surface area contributed by atoms with Gasteiger partial charge >= 0.3 is 6.36 Å². The molecule has 0 fully saturated rings. The second-order valence-corrected chi connectivity index (χ2v) is 8.39. The van der Waals surface area contributed by atoms with Crippen molar-refractivity contribution in [1.29, 1.82) is 0 Å². The number of hydrogen-bond acceptors (Lipinski definition) is 5. The number of hydrogen-bond donors (Lipinski definition) is 2. The topological polar surface area (TPSA) is 84.7 Å². The van der Waals surface area contributed by atoms with Crippen molar-refractivity contribution in [2.45, 2.75) is 43.6 Å². The Bertz CT molecular complexity index is 984. The Morgan fingerprint density at radius 2 is 2.06 bits per heavy atom. The van der Waals surface area contributed by atoms with Gasteiger partial charge in [-0.1, -0.05) is 25.5 Å². The highest BCUT2D eigenvalue weighted by atomic mass is 32.2. The van der Waals surface area contributed by atoms with E-state index in [2.05, 4.69) is 10.1 Å². The van der Waals surface area contributed by atoms with E-state index in [9.17, 15) is 22.8 Å². The normalized spacial score (nSPS) is 16.3. The van der Waals surface area contributed by atoms with Crippen molar-refractivity contribution in [3.63, 3.8) is 0 Å². The molecule has 2 aromatic carbocycles. The van der Waals surface area contributed by atoms with Crippen LogP contribution in [0, 0.1) is 0 Å². The third-order valence-corrected chi connectivity index (χ3v) is 5.98. The van der Waals surface area contributed by atoms with Crippen LogP contribution in [0.15, 0.2) is 47.4 Å². The molecule has 0 bridgehead atoms. The number of carbonyl (C=O) groups is 2. The average Bonchev–Trinajstić information content (AvgIpc) is 2.85. The van der Waals surface area contributed by atoms with E-state index < -0.39 is 12.4 Å². The van der Waals surface area contributed by atoms with Gasteiger partial charge in [-0.25, -0.2) is 0 Å². The third-order valence-electron chi connectivity index (χ3n) is 4.80. The lowest BCUT2D eigenvalue weighted by Crippen LogP contribution is -2.44. The number of nitrogens with zero attached hydrogens (tertiary/aromatic N) is 1. The molecule has 0 radical (unpaired) electrons. The first kappa shape index (κ1) is 23.9. The van der Waals surface area contributed by atoms with Crippen molar-refractivity contribution in [2.75, 3.05) is 17.2 Å². The van der Waals surface area contributed by atoms with Crippen molar-refractivity contribution in [3.8, 4) is 5.75 Å². The fourth-order valence-electron chi connectivity index (χ4n) is 3.23. The number of rotatable bonds is 7. The highest BCUT2D eigenvalue weighted by Crippen LogP contribution is 2.36. The Morgan fingerprint density at radius 3 is 2.78 bits per heavy atom. The maximum absolute atomic E-state index is 13.0. The van der Waals surface area contributed by atoms with Gasteiger partial charge in [0.25, 0.3) is 5.91 Å². The lowest BCUT2D eigenvalue weighted by Gasteiger charge is -2.25. The van der Waals surface area contributed by atoms with Gasteiger partial charge in [0.15, 0.2) is 0 Å². The summed E-state index contributed by atoms with van der Waals surface area (Å²) in [6.07, 6.45) is -3.02. The number of unbranched alkanes of at least 4 members (excludes halogenated alkanes) is 1. The highest BCUT2D eigenvalue weighted by Gasteiger charge is 2.32. The summed E-state index contributed by atoms with van der Waals surface area (Å²) in [6.45, 7) is 2.55. The smallest absolute Gasteiger partial charge is 0.406 e. The van der Waals surface area contributed by atoms with Crippen molar-refractivity contribution < 1.29 is 27.5 Å². The number of carbonyl (C=O) groups excluding carboxylic acids is 2. The van der Waals surface area contributed by atoms with Crippen molar-refractivity contribution in [2.24, 2.45) is 5.73 Å². The van der Waals surface area contributed by atoms with E-state index in [0.717, 1.165) is 17.7 Å². The molecule has 0 aliphatic carbocycles. The average molecular weight is 468 g/mol. The Kier molecular flexibility index (Phi) is 7.68. The Morgan fingerprint density at radius 1 is 1.28 bits per heavy atom. The molecule has 172 valence electrons. The van der Waals surface area contributed by atoms with Crippen LogP contribution in [0.1, 0.15) is 35.7 Å². The van der Waals surface area contributed by atoms with Crippen LogP contribution < -0.4 is 20.7 Å². The van der Waals surface area contributed by atoms with Crippen LogP contribution >= 0.6 is 11.8 Å². The molecule has 1 heterocycles. The zero-order chi connectivity index (χ0) is 23.3. The number of alkyl halides is 3. The minimum atomic E-state index is -4.82. The molecule has 1 aliphatic heterocycles. The second kappa shape index (κ2) is 10.3. The van der Waals surface area contributed by atoms with Crippen LogP contribution in [0.2, 0.25) is 0 Å². The van der Waals surface area contributed by atoms with E-state index in [0.29, 0.717) is 29.1 Å². The molecule has 3 rings (SSSR count). The van der Waals surface area contributed by atoms with E-state index in [1.165, 1.54) is 34.9 Å². The first-order valence-electron chi connectivity index (χ1n) is 10.1. The summed E-state index contributed by atoms with van der Waals surface area (Å²) >= 11 is 1.40. The number of nitrogens with two attached hydrogens (primary N) is 1. The van der Waals surface area contributed by atoms with E-state index in [1.54, 1.807) is 24.3 Å². The third kappa shape index (κ3) is 6.17. The predicted octanol–water partition coefficient (Wildman–Crippen LogP) is 4.08. The van der Waals surface area contributed by atoms with Gasteiger partial charge in [0, 0.05) is 22.8 Å². The number of halogens is 3. The summed E-state index contributed by atoms with van der Waals surface area (Å²) in [4.78, 5) is 27.7. The van der Waals surface area contributed by atoms with E-state index in [4.69, 9.17) is 5.73 Å². The van der Waals surface area contributed by atoms with Crippen LogP contribution in [0.5, 0.6) is 5.75 Å². The first-order valence-corrected chi connectivity index (χ1v) is 11.1. The summed E-state index contributed by atoms with van der Waals surface area (Å²) in [5.74, 6) is -0.656. The Labute approximate surface area is 188 Å². The van der Waals surface area contributed by atoms with E-state index >= 15 is 0 Å². The summed E-state index contributed by atoms with van der Waals surface area (Å²) < 4.78 is 41.7. The summed E-state index contributed by atoms with van der Waals surface area (Å²) in [7, 11) is 0. The molecule has 0 unspecified atom stereocenters. The molecule has 0 saturated carbocycles. The molecule has 0 spiro atoms. The van der Waals surface area contributed by atoms with Gasteiger partial charge in [-0.15, -0.1) is 24.9 Å². The standard InChI is InChI=1S/C22H24F3N3O3S/c1-2-3-9-27-20(29)15-7-8-19-18(11-15)28(21(30)17(26)13-32-19)12-14-5-4-6-16(10-14)31-22(23,24)25/h4-8,10-11,17H,2-3,9,12-13,26H2,1H3,(H,27,29)/t17-/m0/s1. The molecule has 32 heavy (non-hydrogen) atoms. The zero-order valence-corrected chi connectivity index (χ0v) is 18.3. The number of nitrogens with one attached hydrogen (secondary N) is 1. The number of amides is 2. The molecular formula is C22H24F3N3O3S. The van der Waals surface area contributed by atoms with Gasteiger partial charge in [0.05, 0.1) is 18.3 Å². The molecule has 2 aromatic rings. The number of benzene rings is 2. The monoisotopic (exact) mass is 467 g/mol. The fourth-order valence-corrected chi connectivity index (χ4v) is 4.21. The van der Waals surface area contributed by atoms with Gasteiger partial charge < -0.3 is 20.7 Å². The summed E-state index contributed by atoms with van der Waals surface area (Å²) in [5.41, 5.74) is 7.35. The Balaban J connectivity index is 1.91. The maximum Gasteiger partial charge on any atom is 0.573 e. The lowest BCUT2D eigenvalue weighted by molar-refractivity contribution is -0.274. The van der Waals surface area contributed by atoms with Gasteiger partial charge in [-0.2, -0.15) is 0 Å². The molecule has 1 atom stereocenters. The highest BCUT2D eigenvalue weighted by molar-refractivity contribution is 7.99. The van der Waals surface area contributed by atoms with Crippen molar-refractivity contribution in [1.82, 2.24) is 5.32 Å². The molecule has 10 heteroatoms. The Hall–Kier alpha value is -2.72. The number of thioether (sulfide) groups is 1. The molecule has 0 aromatic heterocycles. The van der Waals surface area contributed by atoms with E-state index in [1.807, 2.05) is 6.92 Å².